The van der Waals surface area contributed by atoms with Crippen LogP contribution in [-0.2, 0) is 12.8 Å². The molecule has 12 heavy (non-hydrogen) atoms. The summed E-state index contributed by atoms with van der Waals surface area (Å²) in [6.45, 7) is 0. The van der Waals surface area contributed by atoms with Crippen LogP contribution in [0.3, 0.4) is 0 Å². The summed E-state index contributed by atoms with van der Waals surface area (Å²) < 4.78 is 0. The highest BCUT2D eigenvalue weighted by molar-refractivity contribution is 5.31. The molecule has 1 aromatic carbocycles. The largest absolute Gasteiger partial charge is 0.326 e. The highest BCUT2D eigenvalue weighted by Gasteiger charge is 2.21. The van der Waals surface area contributed by atoms with Crippen molar-refractivity contribution in [2.24, 2.45) is 11.5 Å². The van der Waals surface area contributed by atoms with Crippen molar-refractivity contribution in [1.82, 2.24) is 0 Å². The first-order valence-corrected chi connectivity index (χ1v) is 4.35. The predicted octanol–water partition coefficient (Wildman–Crippen LogP) is 0.440. The molecule has 0 heterocycles. The van der Waals surface area contributed by atoms with E-state index in [1.54, 1.807) is 0 Å². The van der Waals surface area contributed by atoms with Gasteiger partial charge in [-0.1, -0.05) is 24.3 Å². The quantitative estimate of drug-likeness (QED) is 0.581. The van der Waals surface area contributed by atoms with E-state index in [0.29, 0.717) is 0 Å². The highest BCUT2D eigenvalue weighted by Crippen LogP contribution is 2.19. The topological polar surface area (TPSA) is 52.0 Å². The van der Waals surface area contributed by atoms with Crippen molar-refractivity contribution in [2.75, 3.05) is 0 Å². The van der Waals surface area contributed by atoms with Gasteiger partial charge >= 0.3 is 0 Å². The van der Waals surface area contributed by atoms with Crippen molar-refractivity contribution in [3.8, 4) is 0 Å². The highest BCUT2D eigenvalue weighted by atomic mass is 14.8. The lowest BCUT2D eigenvalue weighted by Gasteiger charge is -2.27. The number of hydrogen-bond acceptors (Lipinski definition) is 2. The zero-order valence-corrected chi connectivity index (χ0v) is 7.03. The fourth-order valence-electron chi connectivity index (χ4n) is 1.77. The van der Waals surface area contributed by atoms with Gasteiger partial charge in [-0.3, -0.25) is 0 Å². The average molecular weight is 162 g/mol. The zero-order chi connectivity index (χ0) is 8.55. The number of nitrogens with two attached hydrogens (primary N) is 2. The van der Waals surface area contributed by atoms with Gasteiger partial charge in [0.2, 0.25) is 0 Å². The summed E-state index contributed by atoms with van der Waals surface area (Å²) in [6.07, 6.45) is 1.86. The second-order valence-corrected chi connectivity index (χ2v) is 3.50. The first kappa shape index (κ1) is 7.77. The van der Waals surface area contributed by atoms with Crippen LogP contribution in [0.1, 0.15) is 11.1 Å². The Morgan fingerprint density at radius 2 is 1.33 bits per heavy atom. The van der Waals surface area contributed by atoms with Gasteiger partial charge in [-0.2, -0.15) is 0 Å². The summed E-state index contributed by atoms with van der Waals surface area (Å²) in [5.41, 5.74) is 14.5. The molecule has 4 N–H and O–H groups in total. The maximum Gasteiger partial charge on any atom is 0.0236 e. The van der Waals surface area contributed by atoms with E-state index in [0.717, 1.165) is 12.8 Å². The first-order chi connectivity index (χ1) is 5.77. The van der Waals surface area contributed by atoms with Crippen LogP contribution in [0.15, 0.2) is 24.3 Å². The normalized spacial score (nSPS) is 28.2. The van der Waals surface area contributed by atoms with Crippen molar-refractivity contribution in [2.45, 2.75) is 24.9 Å². The molecule has 0 fully saturated rings. The van der Waals surface area contributed by atoms with E-state index in [-0.39, 0.29) is 12.1 Å². The second-order valence-electron chi connectivity index (χ2n) is 3.50. The SMILES string of the molecule is N[C@@H]1Cc2ccccc2C[C@H]1N. The second kappa shape index (κ2) is 2.88. The minimum absolute atomic E-state index is 0.139. The fraction of sp³-hybridized carbons (Fsp3) is 0.400. The van der Waals surface area contributed by atoms with Crippen molar-refractivity contribution in [3.63, 3.8) is 0 Å². The number of benzene rings is 1. The monoisotopic (exact) mass is 162 g/mol. The Morgan fingerprint density at radius 3 is 1.75 bits per heavy atom. The van der Waals surface area contributed by atoms with Gasteiger partial charge in [-0.15, -0.1) is 0 Å². The van der Waals surface area contributed by atoms with Gasteiger partial charge in [0.05, 0.1) is 0 Å². The fourth-order valence-corrected chi connectivity index (χ4v) is 1.77. The van der Waals surface area contributed by atoms with Crippen molar-refractivity contribution >= 4 is 0 Å². The Labute approximate surface area is 72.6 Å². The van der Waals surface area contributed by atoms with Gasteiger partial charge in [0, 0.05) is 12.1 Å². The molecule has 0 radical (unpaired) electrons. The molecular formula is C10H14N2. The lowest BCUT2D eigenvalue weighted by Crippen LogP contribution is -2.47. The van der Waals surface area contributed by atoms with Crippen LogP contribution in [0.5, 0.6) is 0 Å². The summed E-state index contributed by atoms with van der Waals surface area (Å²) in [5, 5.41) is 0. The van der Waals surface area contributed by atoms with Crippen LogP contribution in [0.25, 0.3) is 0 Å². The molecule has 1 aromatic rings. The Morgan fingerprint density at radius 1 is 0.917 bits per heavy atom. The molecule has 2 rings (SSSR count). The van der Waals surface area contributed by atoms with Gasteiger partial charge in [0.25, 0.3) is 0 Å². The molecule has 0 aliphatic heterocycles. The average Bonchev–Trinajstić information content (AvgIpc) is 2.07. The summed E-state index contributed by atoms with van der Waals surface area (Å²) in [4.78, 5) is 0. The Bertz CT molecular complexity index is 254. The van der Waals surface area contributed by atoms with Gasteiger partial charge in [0.15, 0.2) is 0 Å². The van der Waals surface area contributed by atoms with E-state index >= 15 is 0 Å². The molecule has 2 atom stereocenters. The predicted molar refractivity (Wildman–Crippen MR) is 49.8 cm³/mol. The smallest absolute Gasteiger partial charge is 0.0236 e. The standard InChI is InChI=1S/C10H14N2/c11-9-5-7-3-1-2-4-8(7)6-10(9)12/h1-4,9-10H,5-6,11-12H2/t9-,10-/m1/s1. The van der Waals surface area contributed by atoms with Gasteiger partial charge in [-0.25, -0.2) is 0 Å². The molecule has 0 saturated carbocycles. The van der Waals surface area contributed by atoms with E-state index in [2.05, 4.69) is 24.3 Å². The Hall–Kier alpha value is -0.860. The number of hydrogen-bond donors (Lipinski definition) is 2. The van der Waals surface area contributed by atoms with Crippen LogP contribution < -0.4 is 11.5 Å². The summed E-state index contributed by atoms with van der Waals surface area (Å²) >= 11 is 0. The third kappa shape index (κ3) is 1.24. The Kier molecular flexibility index (Phi) is 1.87. The van der Waals surface area contributed by atoms with E-state index in [1.165, 1.54) is 11.1 Å². The van der Waals surface area contributed by atoms with Gasteiger partial charge in [0.1, 0.15) is 0 Å². The maximum atomic E-state index is 5.87. The first-order valence-electron chi connectivity index (χ1n) is 4.35. The van der Waals surface area contributed by atoms with Crippen molar-refractivity contribution in [1.29, 1.82) is 0 Å². The molecule has 2 heteroatoms. The van der Waals surface area contributed by atoms with Gasteiger partial charge < -0.3 is 11.5 Å². The minimum atomic E-state index is 0.139. The van der Waals surface area contributed by atoms with E-state index in [9.17, 15) is 0 Å². The molecule has 0 bridgehead atoms. The zero-order valence-electron chi connectivity index (χ0n) is 7.03. The molecule has 2 nitrogen and oxygen atoms in total. The van der Waals surface area contributed by atoms with Crippen LogP contribution in [0.2, 0.25) is 0 Å². The van der Waals surface area contributed by atoms with Crippen LogP contribution in [0.4, 0.5) is 0 Å². The molecule has 0 amide bonds. The van der Waals surface area contributed by atoms with E-state index < -0.39 is 0 Å². The minimum Gasteiger partial charge on any atom is -0.326 e. The molecule has 0 spiro atoms. The number of fused-ring (bicyclic) bond motifs is 1. The summed E-state index contributed by atoms with van der Waals surface area (Å²) in [7, 11) is 0. The molecule has 0 aromatic heterocycles. The van der Waals surface area contributed by atoms with E-state index in [4.69, 9.17) is 11.5 Å². The summed E-state index contributed by atoms with van der Waals surface area (Å²) in [6, 6.07) is 8.67. The maximum absolute atomic E-state index is 5.87. The molecule has 0 unspecified atom stereocenters. The van der Waals surface area contributed by atoms with Crippen LogP contribution in [0, 0.1) is 0 Å². The third-order valence-electron chi connectivity index (χ3n) is 2.58. The van der Waals surface area contributed by atoms with Crippen LogP contribution in [-0.4, -0.2) is 12.1 Å². The lowest BCUT2D eigenvalue weighted by molar-refractivity contribution is 0.492. The summed E-state index contributed by atoms with van der Waals surface area (Å²) in [5.74, 6) is 0. The van der Waals surface area contributed by atoms with Crippen LogP contribution >= 0.6 is 0 Å². The van der Waals surface area contributed by atoms with E-state index in [1.807, 2.05) is 0 Å². The Balaban J connectivity index is 2.34. The molecule has 1 aliphatic carbocycles. The molecule has 1 aliphatic rings. The van der Waals surface area contributed by atoms with Crippen molar-refractivity contribution in [3.05, 3.63) is 35.4 Å². The van der Waals surface area contributed by atoms with Gasteiger partial charge in [-0.05, 0) is 24.0 Å². The molecular weight excluding hydrogens is 148 g/mol. The van der Waals surface area contributed by atoms with Crippen molar-refractivity contribution < 1.29 is 0 Å². The lowest BCUT2D eigenvalue weighted by atomic mass is 9.86. The number of rotatable bonds is 0. The molecule has 0 saturated heterocycles. The third-order valence-corrected chi connectivity index (χ3v) is 2.58. The molecule has 64 valence electrons.